The molecule has 1 aromatic rings. The topological polar surface area (TPSA) is 44.8 Å². The Kier molecular flexibility index (Phi) is 5.70. The molecule has 0 unspecified atom stereocenters. The number of alkyl halides is 3. The second-order valence-corrected chi connectivity index (χ2v) is 5.27. The van der Waals surface area contributed by atoms with E-state index in [1.165, 1.54) is 24.3 Å². The maximum Gasteiger partial charge on any atom is 0.573 e. The van der Waals surface area contributed by atoms with Crippen LogP contribution in [0.15, 0.2) is 24.3 Å². The maximum atomic E-state index is 12.1. The minimum absolute atomic E-state index is 0.156. The SMILES string of the molecule is CCN1CCN(C(=O)NCc2ccc(OC(F)(F)F)cc2)CC1. The molecule has 0 bridgehead atoms. The number of carbonyl (C=O) groups excluding carboxylic acids is 1. The van der Waals surface area contributed by atoms with Gasteiger partial charge in [-0.1, -0.05) is 19.1 Å². The zero-order chi connectivity index (χ0) is 16.9. The minimum Gasteiger partial charge on any atom is -0.406 e. The van der Waals surface area contributed by atoms with Gasteiger partial charge in [-0.3, -0.25) is 0 Å². The molecule has 2 rings (SSSR count). The Morgan fingerprint density at radius 2 is 1.78 bits per heavy atom. The molecule has 5 nitrogen and oxygen atoms in total. The molecule has 1 aliphatic rings. The van der Waals surface area contributed by atoms with Crippen LogP contribution in [0.5, 0.6) is 5.75 Å². The van der Waals surface area contributed by atoms with E-state index in [9.17, 15) is 18.0 Å². The number of ether oxygens (including phenoxy) is 1. The lowest BCUT2D eigenvalue weighted by atomic mass is 10.2. The first-order chi connectivity index (χ1) is 10.9. The van der Waals surface area contributed by atoms with Crippen LogP contribution in [0.3, 0.4) is 0 Å². The second-order valence-electron chi connectivity index (χ2n) is 5.27. The predicted octanol–water partition coefficient (Wildman–Crippen LogP) is 2.43. The number of benzene rings is 1. The van der Waals surface area contributed by atoms with Gasteiger partial charge in [-0.05, 0) is 24.2 Å². The van der Waals surface area contributed by atoms with Crippen molar-refractivity contribution in [3.63, 3.8) is 0 Å². The average molecular weight is 331 g/mol. The molecule has 1 saturated heterocycles. The summed E-state index contributed by atoms with van der Waals surface area (Å²) >= 11 is 0. The van der Waals surface area contributed by atoms with Crippen LogP contribution in [0.1, 0.15) is 12.5 Å². The molecular formula is C15H20F3N3O2. The molecule has 1 aliphatic heterocycles. The van der Waals surface area contributed by atoms with Gasteiger partial charge in [0, 0.05) is 32.7 Å². The standard InChI is InChI=1S/C15H20F3N3O2/c1-2-20-7-9-21(10-8-20)14(22)19-11-12-3-5-13(6-4-12)23-15(16,17)18/h3-6H,2,7-11H2,1H3,(H,19,22). The highest BCUT2D eigenvalue weighted by molar-refractivity contribution is 5.74. The van der Waals surface area contributed by atoms with Gasteiger partial charge in [-0.25, -0.2) is 4.79 Å². The van der Waals surface area contributed by atoms with Crippen LogP contribution in [0.25, 0.3) is 0 Å². The fourth-order valence-electron chi connectivity index (χ4n) is 2.37. The van der Waals surface area contributed by atoms with E-state index >= 15 is 0 Å². The summed E-state index contributed by atoms with van der Waals surface area (Å²) in [5.74, 6) is -0.275. The maximum absolute atomic E-state index is 12.1. The molecule has 0 radical (unpaired) electrons. The van der Waals surface area contributed by atoms with Crippen LogP contribution in [0, 0.1) is 0 Å². The van der Waals surface area contributed by atoms with E-state index in [-0.39, 0.29) is 18.3 Å². The zero-order valence-corrected chi connectivity index (χ0v) is 12.9. The van der Waals surface area contributed by atoms with Crippen molar-refractivity contribution >= 4 is 6.03 Å². The Labute approximate surface area is 133 Å². The molecule has 8 heteroatoms. The highest BCUT2D eigenvalue weighted by Gasteiger charge is 2.30. The van der Waals surface area contributed by atoms with Crippen LogP contribution in [-0.4, -0.2) is 54.9 Å². The molecule has 2 amide bonds. The fourth-order valence-corrected chi connectivity index (χ4v) is 2.37. The van der Waals surface area contributed by atoms with Crippen LogP contribution in [0.2, 0.25) is 0 Å². The van der Waals surface area contributed by atoms with E-state index in [1.807, 2.05) is 0 Å². The molecule has 1 heterocycles. The molecule has 0 spiro atoms. The van der Waals surface area contributed by atoms with Gasteiger partial charge in [0.15, 0.2) is 0 Å². The number of nitrogens with zero attached hydrogens (tertiary/aromatic N) is 2. The smallest absolute Gasteiger partial charge is 0.406 e. The number of rotatable bonds is 4. The first-order valence-corrected chi connectivity index (χ1v) is 7.47. The summed E-state index contributed by atoms with van der Waals surface area (Å²) in [6.45, 7) is 6.39. The van der Waals surface area contributed by atoms with Gasteiger partial charge in [0.25, 0.3) is 0 Å². The van der Waals surface area contributed by atoms with E-state index < -0.39 is 6.36 Å². The third-order valence-electron chi connectivity index (χ3n) is 3.71. The Morgan fingerprint density at radius 1 is 1.17 bits per heavy atom. The van der Waals surface area contributed by atoms with Crippen LogP contribution < -0.4 is 10.1 Å². The van der Waals surface area contributed by atoms with E-state index in [2.05, 4.69) is 21.9 Å². The van der Waals surface area contributed by atoms with Crippen molar-refractivity contribution in [2.75, 3.05) is 32.7 Å². The normalized spacial score (nSPS) is 16.3. The number of urea groups is 1. The lowest BCUT2D eigenvalue weighted by Crippen LogP contribution is -2.51. The van der Waals surface area contributed by atoms with Crippen molar-refractivity contribution in [2.24, 2.45) is 0 Å². The molecule has 128 valence electrons. The van der Waals surface area contributed by atoms with E-state index in [1.54, 1.807) is 4.90 Å². The molecule has 1 aromatic carbocycles. The predicted molar refractivity (Wildman–Crippen MR) is 79.0 cm³/mol. The van der Waals surface area contributed by atoms with Gasteiger partial charge in [0.2, 0.25) is 0 Å². The van der Waals surface area contributed by atoms with E-state index in [0.29, 0.717) is 18.7 Å². The molecule has 23 heavy (non-hydrogen) atoms. The van der Waals surface area contributed by atoms with Gasteiger partial charge >= 0.3 is 12.4 Å². The van der Waals surface area contributed by atoms with Gasteiger partial charge in [0.05, 0.1) is 0 Å². The summed E-state index contributed by atoms with van der Waals surface area (Å²) in [4.78, 5) is 16.1. The molecule has 0 aromatic heterocycles. The number of amides is 2. The van der Waals surface area contributed by atoms with E-state index in [0.717, 1.165) is 19.6 Å². The van der Waals surface area contributed by atoms with Crippen LogP contribution in [-0.2, 0) is 6.54 Å². The Hall–Kier alpha value is -1.96. The van der Waals surface area contributed by atoms with Crippen molar-refractivity contribution in [2.45, 2.75) is 19.8 Å². The molecule has 1 fully saturated rings. The summed E-state index contributed by atoms with van der Waals surface area (Å²) in [6.07, 6.45) is -4.70. The summed E-state index contributed by atoms with van der Waals surface area (Å²) in [5.41, 5.74) is 0.708. The summed E-state index contributed by atoms with van der Waals surface area (Å²) in [5, 5.41) is 2.77. The zero-order valence-electron chi connectivity index (χ0n) is 12.9. The van der Waals surface area contributed by atoms with Crippen molar-refractivity contribution < 1.29 is 22.7 Å². The molecule has 0 saturated carbocycles. The van der Waals surface area contributed by atoms with Gasteiger partial charge < -0.3 is 19.9 Å². The number of hydrogen-bond acceptors (Lipinski definition) is 3. The Bertz CT molecular complexity index is 512. The lowest BCUT2D eigenvalue weighted by Gasteiger charge is -2.34. The van der Waals surface area contributed by atoms with Crippen LogP contribution in [0.4, 0.5) is 18.0 Å². The highest BCUT2D eigenvalue weighted by atomic mass is 19.4. The van der Waals surface area contributed by atoms with Crippen molar-refractivity contribution in [1.29, 1.82) is 0 Å². The van der Waals surface area contributed by atoms with Crippen molar-refractivity contribution in [3.05, 3.63) is 29.8 Å². The lowest BCUT2D eigenvalue weighted by molar-refractivity contribution is -0.274. The number of hydrogen-bond donors (Lipinski definition) is 1. The van der Waals surface area contributed by atoms with E-state index in [4.69, 9.17) is 0 Å². The average Bonchev–Trinajstić information content (AvgIpc) is 2.52. The molecule has 1 N–H and O–H groups in total. The second kappa shape index (κ2) is 7.54. The Morgan fingerprint density at radius 3 is 2.30 bits per heavy atom. The van der Waals surface area contributed by atoms with Crippen LogP contribution >= 0.6 is 0 Å². The van der Waals surface area contributed by atoms with Gasteiger partial charge in [0.1, 0.15) is 5.75 Å². The third-order valence-corrected chi connectivity index (χ3v) is 3.71. The fraction of sp³-hybridized carbons (Fsp3) is 0.533. The quantitative estimate of drug-likeness (QED) is 0.922. The summed E-state index contributed by atoms with van der Waals surface area (Å²) < 4.78 is 40.0. The molecular weight excluding hydrogens is 311 g/mol. The number of carbonyl (C=O) groups is 1. The van der Waals surface area contributed by atoms with Gasteiger partial charge in [-0.2, -0.15) is 0 Å². The number of piperazine rings is 1. The molecule has 0 atom stereocenters. The Balaban J connectivity index is 1.78. The van der Waals surface area contributed by atoms with Gasteiger partial charge in [-0.15, -0.1) is 13.2 Å². The molecule has 0 aliphatic carbocycles. The number of likely N-dealkylation sites (N-methyl/N-ethyl adjacent to an activating group) is 1. The summed E-state index contributed by atoms with van der Waals surface area (Å²) in [6, 6.07) is 5.30. The number of nitrogens with one attached hydrogen (secondary N) is 1. The highest BCUT2D eigenvalue weighted by Crippen LogP contribution is 2.22. The minimum atomic E-state index is -4.70. The van der Waals surface area contributed by atoms with Crippen molar-refractivity contribution in [1.82, 2.24) is 15.1 Å². The number of halogens is 3. The third kappa shape index (κ3) is 5.63. The first kappa shape index (κ1) is 17.4. The summed E-state index contributed by atoms with van der Waals surface area (Å²) in [7, 11) is 0. The monoisotopic (exact) mass is 331 g/mol. The largest absolute Gasteiger partial charge is 0.573 e. The van der Waals surface area contributed by atoms with Crippen molar-refractivity contribution in [3.8, 4) is 5.75 Å². The first-order valence-electron chi connectivity index (χ1n) is 7.47.